The number of alkyl halides is 3. The molecule has 0 saturated carbocycles. The number of hydrogen-bond donors (Lipinski definition) is 1. The third-order valence-corrected chi connectivity index (χ3v) is 1.62. The van der Waals surface area contributed by atoms with Gasteiger partial charge in [-0.05, 0) is 0 Å². The van der Waals surface area contributed by atoms with E-state index in [2.05, 4.69) is 0 Å². The van der Waals surface area contributed by atoms with E-state index in [1.165, 1.54) is 24.3 Å². The molecule has 0 atom stereocenters. The van der Waals surface area contributed by atoms with Crippen molar-refractivity contribution in [3.8, 4) is 0 Å². The summed E-state index contributed by atoms with van der Waals surface area (Å²) < 4.78 is 35.6. The molecule has 15 heavy (non-hydrogen) atoms. The highest BCUT2D eigenvalue weighted by molar-refractivity contribution is 6.04. The van der Waals surface area contributed by atoms with Crippen LogP contribution in [-0.4, -0.2) is 17.1 Å². The van der Waals surface area contributed by atoms with Gasteiger partial charge in [-0.2, -0.15) is 13.2 Å². The lowest BCUT2D eigenvalue weighted by Crippen LogP contribution is -2.13. The van der Waals surface area contributed by atoms with Gasteiger partial charge < -0.3 is 5.11 Å². The Bertz CT molecular complexity index is 379. The van der Waals surface area contributed by atoms with Crippen LogP contribution in [-0.2, 0) is 0 Å². The SMILES string of the molecule is O=C(/C=C(/O)C(F)(F)F)c1ccccc1. The second-order valence-corrected chi connectivity index (χ2v) is 2.76. The lowest BCUT2D eigenvalue weighted by molar-refractivity contribution is -0.120. The molecule has 0 aromatic heterocycles. The maximum absolute atomic E-state index is 11.9. The number of carbonyl (C=O) groups excluding carboxylic acids is 1. The van der Waals surface area contributed by atoms with Crippen molar-refractivity contribution in [2.24, 2.45) is 0 Å². The number of carbonyl (C=O) groups is 1. The lowest BCUT2D eigenvalue weighted by atomic mass is 10.1. The van der Waals surface area contributed by atoms with Crippen LogP contribution in [0.1, 0.15) is 10.4 Å². The molecule has 1 N–H and O–H groups in total. The Hall–Kier alpha value is -1.78. The van der Waals surface area contributed by atoms with Gasteiger partial charge in [-0.1, -0.05) is 30.3 Å². The fourth-order valence-electron chi connectivity index (χ4n) is 0.892. The summed E-state index contributed by atoms with van der Waals surface area (Å²) >= 11 is 0. The summed E-state index contributed by atoms with van der Waals surface area (Å²) in [7, 11) is 0. The molecule has 0 bridgehead atoms. The summed E-state index contributed by atoms with van der Waals surface area (Å²) in [5.41, 5.74) is 0.0910. The van der Waals surface area contributed by atoms with E-state index in [1.807, 2.05) is 0 Å². The fraction of sp³-hybridized carbons (Fsp3) is 0.100. The molecule has 1 aromatic rings. The van der Waals surface area contributed by atoms with Gasteiger partial charge >= 0.3 is 6.18 Å². The molecule has 5 heteroatoms. The normalized spacial score (nSPS) is 12.6. The zero-order valence-electron chi connectivity index (χ0n) is 7.45. The van der Waals surface area contributed by atoms with Crippen LogP contribution in [0.15, 0.2) is 42.2 Å². The topological polar surface area (TPSA) is 37.3 Å². The van der Waals surface area contributed by atoms with Crippen LogP contribution in [0, 0.1) is 0 Å². The van der Waals surface area contributed by atoms with E-state index in [1.54, 1.807) is 6.07 Å². The minimum atomic E-state index is -4.88. The quantitative estimate of drug-likeness (QED) is 0.469. The first-order chi connectivity index (χ1) is 6.91. The Labute approximate surface area is 83.7 Å². The van der Waals surface area contributed by atoms with Gasteiger partial charge in [0, 0.05) is 11.6 Å². The largest absolute Gasteiger partial charge is 0.504 e. The van der Waals surface area contributed by atoms with Crippen LogP contribution >= 0.6 is 0 Å². The molecule has 0 heterocycles. The van der Waals surface area contributed by atoms with E-state index in [0.717, 1.165) is 0 Å². The highest BCUT2D eigenvalue weighted by Gasteiger charge is 2.34. The number of benzene rings is 1. The lowest BCUT2D eigenvalue weighted by Gasteiger charge is -2.03. The molecular formula is C10H7F3O2. The Kier molecular flexibility index (Phi) is 3.14. The van der Waals surface area contributed by atoms with Crippen LogP contribution in [0.2, 0.25) is 0 Å². The minimum Gasteiger partial charge on any atom is -0.504 e. The Morgan fingerprint density at radius 3 is 2.20 bits per heavy atom. The molecule has 0 radical (unpaired) electrons. The molecule has 1 rings (SSSR count). The zero-order valence-corrected chi connectivity index (χ0v) is 7.45. The maximum Gasteiger partial charge on any atom is 0.448 e. The van der Waals surface area contributed by atoms with Crippen molar-refractivity contribution < 1.29 is 23.1 Å². The van der Waals surface area contributed by atoms with Gasteiger partial charge in [0.05, 0.1) is 0 Å². The van der Waals surface area contributed by atoms with Crippen molar-refractivity contribution in [1.82, 2.24) is 0 Å². The zero-order chi connectivity index (χ0) is 11.5. The van der Waals surface area contributed by atoms with Gasteiger partial charge in [-0.3, -0.25) is 4.79 Å². The number of rotatable bonds is 2. The highest BCUT2D eigenvalue weighted by atomic mass is 19.4. The number of allylic oxidation sites excluding steroid dienone is 2. The van der Waals surface area contributed by atoms with Crippen LogP contribution in [0.25, 0.3) is 0 Å². The van der Waals surface area contributed by atoms with Crippen molar-refractivity contribution >= 4 is 5.78 Å². The molecule has 2 nitrogen and oxygen atoms in total. The molecule has 0 amide bonds. The molecule has 0 saturated heterocycles. The van der Waals surface area contributed by atoms with Gasteiger partial charge in [-0.25, -0.2) is 0 Å². The van der Waals surface area contributed by atoms with Gasteiger partial charge in [-0.15, -0.1) is 0 Å². The maximum atomic E-state index is 11.9. The third-order valence-electron chi connectivity index (χ3n) is 1.62. The van der Waals surface area contributed by atoms with Crippen LogP contribution in [0.4, 0.5) is 13.2 Å². The third kappa shape index (κ3) is 3.12. The summed E-state index contributed by atoms with van der Waals surface area (Å²) in [4.78, 5) is 11.2. The average Bonchev–Trinajstić information content (AvgIpc) is 2.17. The molecule has 0 aliphatic rings. The van der Waals surface area contributed by atoms with Gasteiger partial charge in [0.2, 0.25) is 5.76 Å². The molecule has 0 aliphatic heterocycles. The van der Waals surface area contributed by atoms with E-state index < -0.39 is 17.7 Å². The first kappa shape index (κ1) is 11.3. The van der Waals surface area contributed by atoms with E-state index in [9.17, 15) is 18.0 Å². The first-order valence-electron chi connectivity index (χ1n) is 3.98. The number of ketones is 1. The Balaban J connectivity index is 2.90. The van der Waals surface area contributed by atoms with Gasteiger partial charge in [0.25, 0.3) is 0 Å². The van der Waals surface area contributed by atoms with Gasteiger partial charge in [0.1, 0.15) is 0 Å². The predicted molar refractivity (Wildman–Crippen MR) is 47.5 cm³/mol. The van der Waals surface area contributed by atoms with Crippen molar-refractivity contribution in [3.05, 3.63) is 47.7 Å². The van der Waals surface area contributed by atoms with E-state index >= 15 is 0 Å². The van der Waals surface area contributed by atoms with Gasteiger partial charge in [0.15, 0.2) is 5.78 Å². The number of aliphatic hydroxyl groups is 1. The van der Waals surface area contributed by atoms with Crippen molar-refractivity contribution in [1.29, 1.82) is 0 Å². The summed E-state index contributed by atoms with van der Waals surface area (Å²) in [6.45, 7) is 0. The number of halogens is 3. The molecule has 0 fully saturated rings. The summed E-state index contributed by atoms with van der Waals surface area (Å²) in [6.07, 6.45) is -4.72. The average molecular weight is 216 g/mol. The molecule has 80 valence electrons. The monoisotopic (exact) mass is 216 g/mol. The highest BCUT2D eigenvalue weighted by Crippen LogP contribution is 2.23. The Morgan fingerprint density at radius 2 is 1.73 bits per heavy atom. The first-order valence-corrected chi connectivity index (χ1v) is 3.98. The second-order valence-electron chi connectivity index (χ2n) is 2.76. The van der Waals surface area contributed by atoms with Crippen molar-refractivity contribution in [2.45, 2.75) is 6.18 Å². The number of aliphatic hydroxyl groups excluding tert-OH is 1. The molecule has 1 aromatic carbocycles. The minimum absolute atomic E-state index is 0.0910. The van der Waals surface area contributed by atoms with Crippen molar-refractivity contribution in [3.63, 3.8) is 0 Å². The summed E-state index contributed by atoms with van der Waals surface area (Å²) in [5, 5.41) is 8.53. The molecule has 0 unspecified atom stereocenters. The smallest absolute Gasteiger partial charge is 0.448 e. The molecular weight excluding hydrogens is 209 g/mol. The standard InChI is InChI=1S/C10H7F3O2/c11-10(12,13)9(15)6-8(14)7-4-2-1-3-5-7/h1-6,15H/b9-6+. The molecule has 0 spiro atoms. The van der Waals surface area contributed by atoms with Crippen LogP contribution in [0.3, 0.4) is 0 Å². The summed E-state index contributed by atoms with van der Waals surface area (Å²) in [6, 6.07) is 7.40. The predicted octanol–water partition coefficient (Wildman–Crippen LogP) is 2.87. The van der Waals surface area contributed by atoms with E-state index in [-0.39, 0.29) is 11.6 Å². The second kappa shape index (κ2) is 4.16. The van der Waals surface area contributed by atoms with Crippen LogP contribution in [0.5, 0.6) is 0 Å². The fourth-order valence-corrected chi connectivity index (χ4v) is 0.892. The van der Waals surface area contributed by atoms with Crippen molar-refractivity contribution in [2.75, 3.05) is 0 Å². The molecule has 0 aliphatic carbocycles. The Morgan fingerprint density at radius 1 is 1.20 bits per heavy atom. The number of hydrogen-bond acceptors (Lipinski definition) is 2. The summed E-state index contributed by atoms with van der Waals surface area (Å²) in [5.74, 6) is -2.78. The van der Waals surface area contributed by atoms with E-state index in [0.29, 0.717) is 0 Å². The van der Waals surface area contributed by atoms with E-state index in [4.69, 9.17) is 5.11 Å². The van der Waals surface area contributed by atoms with Crippen LogP contribution < -0.4 is 0 Å².